The molecule has 33 heavy (non-hydrogen) atoms. The summed E-state index contributed by atoms with van der Waals surface area (Å²) in [5.41, 5.74) is 1.09. The number of halogens is 2. The summed E-state index contributed by atoms with van der Waals surface area (Å²) in [6.45, 7) is 3.73. The number of carbonyl (C=O) groups is 1. The number of amides is 1. The Balaban J connectivity index is 0.00000259. The van der Waals surface area contributed by atoms with Gasteiger partial charge >= 0.3 is 0 Å². The monoisotopic (exact) mass is 478 g/mol. The zero-order valence-corrected chi connectivity index (χ0v) is 20.8. The van der Waals surface area contributed by atoms with E-state index in [1.165, 1.54) is 44.6 Å². The maximum atomic E-state index is 14.1. The van der Waals surface area contributed by atoms with Crippen molar-refractivity contribution in [1.82, 2.24) is 10.2 Å². The molecule has 1 N–H and O–H groups in total. The first-order valence-electron chi connectivity index (χ1n) is 12.8. The first-order valence-corrected chi connectivity index (χ1v) is 12.8. The molecule has 0 spiro atoms. The van der Waals surface area contributed by atoms with Crippen LogP contribution in [0.3, 0.4) is 0 Å². The van der Waals surface area contributed by atoms with Crippen LogP contribution in [0.15, 0.2) is 18.2 Å². The number of carbonyl (C=O) groups excluding carboxylic acids is 1. The lowest BCUT2D eigenvalue weighted by Gasteiger charge is -2.56. The number of hydrogen-bond acceptors (Lipinski definition) is 3. The second-order valence-electron chi connectivity index (χ2n) is 11.4. The van der Waals surface area contributed by atoms with Gasteiger partial charge in [-0.3, -0.25) is 4.79 Å². The second-order valence-corrected chi connectivity index (χ2v) is 11.4. The molecule has 0 aromatic heterocycles. The molecule has 0 atom stereocenters. The van der Waals surface area contributed by atoms with Crippen LogP contribution >= 0.6 is 12.4 Å². The molecule has 1 heterocycles. The fourth-order valence-electron chi connectivity index (χ4n) is 7.82. The van der Waals surface area contributed by atoms with Gasteiger partial charge in [0.05, 0.1) is 7.11 Å². The molecule has 184 valence electrons. The predicted molar refractivity (Wildman–Crippen MR) is 131 cm³/mol. The smallest absolute Gasteiger partial charge is 0.220 e. The van der Waals surface area contributed by atoms with Gasteiger partial charge in [0.15, 0.2) is 0 Å². The van der Waals surface area contributed by atoms with Crippen molar-refractivity contribution < 1.29 is 13.9 Å². The molecule has 6 rings (SSSR count). The molecule has 4 bridgehead atoms. The third kappa shape index (κ3) is 5.85. The van der Waals surface area contributed by atoms with Gasteiger partial charge in [-0.25, -0.2) is 4.39 Å². The van der Waals surface area contributed by atoms with E-state index in [2.05, 4.69) is 10.2 Å². The Bertz CT molecular complexity index is 789. The molecule has 1 aliphatic heterocycles. The van der Waals surface area contributed by atoms with Gasteiger partial charge in [0.1, 0.15) is 11.6 Å². The van der Waals surface area contributed by atoms with Gasteiger partial charge in [0, 0.05) is 19.5 Å². The van der Waals surface area contributed by atoms with E-state index in [0.717, 1.165) is 80.9 Å². The third-order valence-corrected chi connectivity index (χ3v) is 8.92. The van der Waals surface area contributed by atoms with Gasteiger partial charge in [-0.05, 0) is 124 Å². The van der Waals surface area contributed by atoms with Gasteiger partial charge in [-0.2, -0.15) is 0 Å². The summed E-state index contributed by atoms with van der Waals surface area (Å²) < 4.78 is 19.4. The standard InChI is InChI=1S/C27H39FN2O2.ClH/c1-32-24-2-3-25(28)23(14-24)13-19-4-7-30(8-5-19)9-6-29-26(31)18-27-15-20-10-21(16-27)12-22(11-20)17-27;/h2-3,14,19-22H,4-13,15-18H2,1H3,(H,29,31);1H. The molecule has 0 radical (unpaired) electrons. The van der Waals surface area contributed by atoms with Crippen molar-refractivity contribution in [1.29, 1.82) is 0 Å². The van der Waals surface area contributed by atoms with Crippen LogP contribution in [0.2, 0.25) is 0 Å². The summed E-state index contributed by atoms with van der Waals surface area (Å²) in [7, 11) is 1.62. The highest BCUT2D eigenvalue weighted by Gasteiger charge is 2.51. The van der Waals surface area contributed by atoms with E-state index in [0.29, 0.717) is 11.3 Å². The normalized spacial score (nSPS) is 31.3. The van der Waals surface area contributed by atoms with Crippen molar-refractivity contribution in [3.8, 4) is 5.75 Å². The fraction of sp³-hybridized carbons (Fsp3) is 0.741. The molecule has 1 aromatic carbocycles. The van der Waals surface area contributed by atoms with Crippen molar-refractivity contribution in [2.75, 3.05) is 33.3 Å². The zero-order valence-electron chi connectivity index (χ0n) is 20.0. The van der Waals surface area contributed by atoms with Gasteiger partial charge in [-0.15, -0.1) is 12.4 Å². The average Bonchev–Trinajstić information content (AvgIpc) is 2.75. The molecular weight excluding hydrogens is 439 g/mol. The highest BCUT2D eigenvalue weighted by Crippen LogP contribution is 2.61. The summed E-state index contributed by atoms with van der Waals surface area (Å²) >= 11 is 0. The van der Waals surface area contributed by atoms with E-state index in [4.69, 9.17) is 4.74 Å². The lowest BCUT2D eigenvalue weighted by molar-refractivity contribution is -0.129. The maximum Gasteiger partial charge on any atom is 0.220 e. The molecule has 1 aromatic rings. The van der Waals surface area contributed by atoms with Crippen molar-refractivity contribution in [2.24, 2.45) is 29.1 Å². The summed E-state index contributed by atoms with van der Waals surface area (Å²) in [4.78, 5) is 15.2. The van der Waals surface area contributed by atoms with Crippen LogP contribution in [-0.2, 0) is 11.2 Å². The number of ether oxygens (including phenoxy) is 1. The number of benzene rings is 1. The predicted octanol–water partition coefficient (Wildman–Crippen LogP) is 5.23. The zero-order chi connectivity index (χ0) is 22.1. The summed E-state index contributed by atoms with van der Waals surface area (Å²) in [5.74, 6) is 4.09. The van der Waals surface area contributed by atoms with Crippen molar-refractivity contribution >= 4 is 18.3 Å². The number of likely N-dealkylation sites (tertiary alicyclic amines) is 1. The van der Waals surface area contributed by atoms with Crippen LogP contribution in [-0.4, -0.2) is 44.1 Å². The van der Waals surface area contributed by atoms with Crippen LogP contribution in [0.5, 0.6) is 5.75 Å². The highest BCUT2D eigenvalue weighted by atomic mass is 35.5. The summed E-state index contributed by atoms with van der Waals surface area (Å²) in [5, 5.41) is 3.23. The number of nitrogens with one attached hydrogen (secondary N) is 1. The minimum atomic E-state index is -0.130. The van der Waals surface area contributed by atoms with Crippen molar-refractivity contribution in [3.63, 3.8) is 0 Å². The van der Waals surface area contributed by atoms with Crippen molar-refractivity contribution in [2.45, 2.75) is 64.2 Å². The Morgan fingerprint density at radius 3 is 2.36 bits per heavy atom. The van der Waals surface area contributed by atoms with Gasteiger partial charge in [-0.1, -0.05) is 0 Å². The minimum Gasteiger partial charge on any atom is -0.497 e. The Labute approximate surface area is 204 Å². The fourth-order valence-corrected chi connectivity index (χ4v) is 7.82. The maximum absolute atomic E-state index is 14.1. The van der Waals surface area contributed by atoms with E-state index in [1.807, 2.05) is 6.07 Å². The Morgan fingerprint density at radius 2 is 1.76 bits per heavy atom. The van der Waals surface area contributed by atoms with Gasteiger partial charge < -0.3 is 15.0 Å². The van der Waals surface area contributed by atoms with E-state index < -0.39 is 0 Å². The minimum absolute atomic E-state index is 0. The quantitative estimate of drug-likeness (QED) is 0.556. The third-order valence-electron chi connectivity index (χ3n) is 8.92. The first kappa shape index (κ1) is 24.8. The molecule has 4 aliphatic carbocycles. The van der Waals surface area contributed by atoms with Crippen molar-refractivity contribution in [3.05, 3.63) is 29.6 Å². The largest absolute Gasteiger partial charge is 0.497 e. The van der Waals surface area contributed by atoms with Crippen LogP contribution in [0.1, 0.15) is 63.4 Å². The number of rotatable bonds is 8. The van der Waals surface area contributed by atoms with Crippen LogP contribution in [0.25, 0.3) is 0 Å². The SMILES string of the molecule is COc1ccc(F)c(CC2CCN(CCNC(=O)CC34CC5CC(CC(C5)C3)C4)CC2)c1.Cl. The summed E-state index contributed by atoms with van der Waals surface area (Å²) in [6.07, 6.45) is 11.9. The van der Waals surface area contributed by atoms with Gasteiger partial charge in [0.25, 0.3) is 0 Å². The number of hydrogen-bond donors (Lipinski definition) is 1. The Morgan fingerprint density at radius 1 is 1.12 bits per heavy atom. The van der Waals surface area contributed by atoms with E-state index in [-0.39, 0.29) is 24.1 Å². The van der Waals surface area contributed by atoms with E-state index >= 15 is 0 Å². The first-order chi connectivity index (χ1) is 15.5. The molecule has 5 aliphatic rings. The average molecular weight is 479 g/mol. The molecule has 4 nitrogen and oxygen atoms in total. The van der Waals surface area contributed by atoms with Crippen LogP contribution in [0, 0.1) is 34.9 Å². The molecule has 5 fully saturated rings. The second kappa shape index (κ2) is 10.5. The highest BCUT2D eigenvalue weighted by molar-refractivity contribution is 5.85. The van der Waals surface area contributed by atoms with E-state index in [1.54, 1.807) is 13.2 Å². The number of nitrogens with zero attached hydrogens (tertiary/aromatic N) is 1. The lowest BCUT2D eigenvalue weighted by Crippen LogP contribution is -2.48. The Hall–Kier alpha value is -1.33. The Kier molecular flexibility index (Phi) is 7.90. The number of methoxy groups -OCH3 is 1. The number of piperidine rings is 1. The molecular formula is C27H40ClFN2O2. The molecule has 1 amide bonds. The van der Waals surface area contributed by atoms with Gasteiger partial charge in [0.2, 0.25) is 5.91 Å². The molecule has 0 unspecified atom stereocenters. The molecule has 1 saturated heterocycles. The summed E-state index contributed by atoms with van der Waals surface area (Å²) in [6, 6.07) is 5.02. The topological polar surface area (TPSA) is 41.6 Å². The van der Waals surface area contributed by atoms with E-state index in [9.17, 15) is 9.18 Å². The van der Waals surface area contributed by atoms with Crippen LogP contribution < -0.4 is 10.1 Å². The van der Waals surface area contributed by atoms with Crippen LogP contribution in [0.4, 0.5) is 4.39 Å². The molecule has 6 heteroatoms. The lowest BCUT2D eigenvalue weighted by atomic mass is 9.49. The molecule has 4 saturated carbocycles.